The Hall–Kier alpha value is -5.77. The van der Waals surface area contributed by atoms with Crippen LogP contribution in [0.3, 0.4) is 0 Å². The van der Waals surface area contributed by atoms with Crippen molar-refractivity contribution >= 4 is 41.1 Å². The monoisotopic (exact) mass is 1050 g/mol. The van der Waals surface area contributed by atoms with Crippen molar-refractivity contribution in [3.05, 3.63) is 70.7 Å². The molecule has 2 saturated heterocycles. The number of allylic oxidation sites excluding steroid dienone is 3. The van der Waals surface area contributed by atoms with Gasteiger partial charge in [0.05, 0.1) is 40.9 Å². The highest BCUT2D eigenvalue weighted by atomic mass is 32.1. The first-order valence-electron chi connectivity index (χ1n) is 25.9. The van der Waals surface area contributed by atoms with Gasteiger partial charge in [0.2, 0.25) is 11.8 Å². The minimum absolute atomic E-state index is 0.00423. The van der Waals surface area contributed by atoms with E-state index in [-0.39, 0.29) is 75.2 Å². The van der Waals surface area contributed by atoms with Crippen LogP contribution in [0.2, 0.25) is 0 Å². The Morgan fingerprint density at radius 3 is 2.59 bits per heavy atom. The molecule has 19 nitrogen and oxygen atoms in total. The number of aromatic nitrogens is 4. The Morgan fingerprint density at radius 2 is 1.88 bits per heavy atom. The molecule has 74 heavy (non-hydrogen) atoms. The Bertz CT molecular complexity index is 2610. The third kappa shape index (κ3) is 13.4. The molecule has 3 aliphatic carbocycles. The van der Waals surface area contributed by atoms with Gasteiger partial charge >= 0.3 is 12.1 Å². The molecular formula is C53H71FN8O11S. The first kappa shape index (κ1) is 54.5. The number of carbonyl (C=O) groups is 5. The average Bonchev–Trinajstić information content (AvgIpc) is 3.59. The van der Waals surface area contributed by atoms with Crippen LogP contribution in [-0.4, -0.2) is 132 Å². The number of carbonyl (C=O) groups excluding carboxylic acids is 5. The average molecular weight is 1050 g/mol. The molecule has 6 N–H and O–H groups in total. The maximum atomic E-state index is 14.7. The molecule has 1 saturated carbocycles. The number of cyclic esters (lactones) is 1. The molecule has 5 aliphatic rings. The highest BCUT2D eigenvalue weighted by Gasteiger charge is 2.53. The molecule has 1 aromatic carbocycles. The predicted molar refractivity (Wildman–Crippen MR) is 269 cm³/mol. The Kier molecular flexibility index (Phi) is 16.6. The number of thiazole rings is 1. The standard InChI is InChI=1S/C53H71FN8O11S/c1-30-20-33-9-8-31(2)39(13-12-38-24-53(69,70)25-43(64)72-38)44(33)42(21-30)73-50(68)55-17-7-18-61-27-36(59-60-61)14-19-71-41-22-34(45-32(3)57-29-74-45)10-11-35(41)26-56-47(65)40-23-37(63)28-62(40)48(66)46(51(4,5)6)58-49(67)52(54)15-16-52/h8-11,20,22,27,29-31,37-40,42,44,46,63,69-70H,7,12-19,21,23-26,28H2,1-6H3,(H,55,68)(H,56,65)(H,58,67)/t30-,31-,37-,38-,39-,40+,42-,44-,46-/m1/s1. The number of rotatable bonds is 19. The summed E-state index contributed by atoms with van der Waals surface area (Å²) in [6, 6.07) is 3.54. The number of ether oxygens (including phenoxy) is 3. The maximum Gasteiger partial charge on any atom is 0.407 e. The molecule has 0 spiro atoms. The van der Waals surface area contributed by atoms with Crippen LogP contribution >= 0.6 is 11.3 Å². The number of hydrogen-bond donors (Lipinski definition) is 6. The summed E-state index contributed by atoms with van der Waals surface area (Å²) in [5.74, 6) is -3.69. The lowest BCUT2D eigenvalue weighted by molar-refractivity contribution is -0.223. The van der Waals surface area contributed by atoms with Crippen molar-refractivity contribution in [2.45, 2.75) is 161 Å². The molecule has 9 atom stereocenters. The van der Waals surface area contributed by atoms with Gasteiger partial charge in [-0.05, 0) is 85.8 Å². The lowest BCUT2D eigenvalue weighted by atomic mass is 9.65. The number of nitrogens with zero attached hydrogens (tertiary/aromatic N) is 5. The summed E-state index contributed by atoms with van der Waals surface area (Å²) < 4.78 is 34.3. The molecule has 0 bridgehead atoms. The highest BCUT2D eigenvalue weighted by molar-refractivity contribution is 7.13. The fourth-order valence-corrected chi connectivity index (χ4v) is 11.5. The number of esters is 1. The summed E-state index contributed by atoms with van der Waals surface area (Å²) in [5, 5.41) is 48.1. The molecule has 0 radical (unpaired) electrons. The van der Waals surface area contributed by atoms with E-state index < -0.39 is 77.4 Å². The van der Waals surface area contributed by atoms with E-state index in [4.69, 9.17) is 14.2 Å². The van der Waals surface area contributed by atoms with Gasteiger partial charge in [-0.1, -0.05) is 70.2 Å². The van der Waals surface area contributed by atoms with Crippen LogP contribution in [0, 0.1) is 36.0 Å². The largest absolute Gasteiger partial charge is 0.493 e. The molecule has 0 unspecified atom stereocenters. The van der Waals surface area contributed by atoms with E-state index in [1.54, 1.807) is 31.0 Å². The van der Waals surface area contributed by atoms with Crippen LogP contribution < -0.4 is 20.7 Å². The van der Waals surface area contributed by atoms with Gasteiger partial charge in [0, 0.05) is 63.1 Å². The Morgan fingerprint density at radius 1 is 1.09 bits per heavy atom. The van der Waals surface area contributed by atoms with Gasteiger partial charge in [-0.3, -0.25) is 23.9 Å². The summed E-state index contributed by atoms with van der Waals surface area (Å²) in [6.45, 7) is 12.4. The second-order valence-electron chi connectivity index (χ2n) is 22.1. The van der Waals surface area contributed by atoms with E-state index in [0.29, 0.717) is 62.2 Å². The van der Waals surface area contributed by atoms with Crippen molar-refractivity contribution in [3.8, 4) is 16.2 Å². The van der Waals surface area contributed by atoms with Crippen LogP contribution in [-0.2, 0) is 48.2 Å². The molecule has 8 rings (SSSR count). The minimum atomic E-state index is -2.08. The van der Waals surface area contributed by atoms with Gasteiger partial charge in [0.25, 0.3) is 5.91 Å². The molecule has 4 heterocycles. The number of alkyl carbamates (subject to hydrolysis) is 1. The van der Waals surface area contributed by atoms with E-state index >= 15 is 0 Å². The zero-order valence-corrected chi connectivity index (χ0v) is 43.9. The second-order valence-corrected chi connectivity index (χ2v) is 22.9. The van der Waals surface area contributed by atoms with Crippen LogP contribution in [0.5, 0.6) is 5.75 Å². The number of hydrogen-bond acceptors (Lipinski definition) is 15. The molecule has 402 valence electrons. The minimum Gasteiger partial charge on any atom is -0.493 e. The van der Waals surface area contributed by atoms with E-state index in [9.17, 15) is 43.7 Å². The van der Waals surface area contributed by atoms with E-state index in [0.717, 1.165) is 21.7 Å². The third-order valence-electron chi connectivity index (χ3n) is 14.9. The predicted octanol–water partition coefficient (Wildman–Crippen LogP) is 5.00. The zero-order chi connectivity index (χ0) is 53.1. The maximum absolute atomic E-state index is 14.7. The molecule has 2 aromatic heterocycles. The summed E-state index contributed by atoms with van der Waals surface area (Å²) in [4.78, 5) is 72.5. The number of aliphatic hydroxyl groups excluding tert-OH is 1. The summed E-state index contributed by atoms with van der Waals surface area (Å²) in [7, 11) is 0. The lowest BCUT2D eigenvalue weighted by Crippen LogP contribution is -2.59. The number of aryl methyl sites for hydroxylation is 2. The van der Waals surface area contributed by atoms with Gasteiger partial charge in [0.1, 0.15) is 30.0 Å². The molecule has 2 aliphatic heterocycles. The van der Waals surface area contributed by atoms with Crippen LogP contribution in [0.15, 0.2) is 53.7 Å². The first-order chi connectivity index (χ1) is 35.1. The third-order valence-corrected chi connectivity index (χ3v) is 15.8. The van der Waals surface area contributed by atoms with Crippen molar-refractivity contribution in [1.82, 2.24) is 40.8 Å². The van der Waals surface area contributed by atoms with Crippen LogP contribution in [0.1, 0.15) is 109 Å². The van der Waals surface area contributed by atoms with Crippen LogP contribution in [0.25, 0.3) is 10.4 Å². The quantitative estimate of drug-likeness (QED) is 0.0525. The summed E-state index contributed by atoms with van der Waals surface area (Å²) in [6.07, 6.45) is 8.31. The zero-order valence-electron chi connectivity index (χ0n) is 43.1. The lowest BCUT2D eigenvalue weighted by Gasteiger charge is -2.43. The number of aliphatic hydroxyl groups is 3. The van der Waals surface area contributed by atoms with E-state index in [1.165, 1.54) is 16.2 Å². The highest BCUT2D eigenvalue weighted by Crippen LogP contribution is 2.46. The summed E-state index contributed by atoms with van der Waals surface area (Å²) in [5.41, 5.74) is 3.18. The van der Waals surface area contributed by atoms with Crippen molar-refractivity contribution in [3.63, 3.8) is 0 Å². The molecule has 4 amide bonds. The summed E-state index contributed by atoms with van der Waals surface area (Å²) >= 11 is 1.49. The normalized spacial score (nSPS) is 26.3. The second kappa shape index (κ2) is 22.6. The smallest absolute Gasteiger partial charge is 0.407 e. The van der Waals surface area contributed by atoms with Gasteiger partial charge in [-0.25, -0.2) is 14.2 Å². The van der Waals surface area contributed by atoms with E-state index in [2.05, 4.69) is 63.3 Å². The topological polar surface area (TPSA) is 257 Å². The van der Waals surface area contributed by atoms with Crippen LogP contribution in [0.4, 0.5) is 9.18 Å². The molecular weight excluding hydrogens is 976 g/mol. The number of likely N-dealkylation sites (tertiary alicyclic amines) is 1. The Labute approximate surface area is 434 Å². The number of fused-ring (bicyclic) bond motifs is 1. The number of β-amino-alcohol motifs (C(OH)–C–C–N with tert-alkyl or cyclic N) is 1. The van der Waals surface area contributed by atoms with Gasteiger partial charge in [-0.15, -0.1) is 16.4 Å². The van der Waals surface area contributed by atoms with Gasteiger partial charge in [-0.2, -0.15) is 0 Å². The van der Waals surface area contributed by atoms with Gasteiger partial charge in [0.15, 0.2) is 11.5 Å². The van der Waals surface area contributed by atoms with Crippen molar-refractivity contribution in [2.24, 2.45) is 29.1 Å². The number of benzene rings is 1. The molecule has 3 aromatic rings. The fourth-order valence-electron chi connectivity index (χ4n) is 10.7. The first-order valence-corrected chi connectivity index (χ1v) is 26.7. The van der Waals surface area contributed by atoms with Crippen molar-refractivity contribution in [2.75, 3.05) is 19.7 Å². The van der Waals surface area contributed by atoms with Crippen molar-refractivity contribution in [1.29, 1.82) is 0 Å². The number of halogens is 1. The SMILES string of the molecule is Cc1ncsc1-c1ccc(CNC(=O)[C@@H]2C[C@@H](O)CN2C(=O)[C@@H](NC(=O)C2(F)CC2)C(C)(C)C)c(OCCc2cn(CCCNC(=O)O[C@@H]3C[C@H](C)C=C4C=C[C@@H](C)[C@@H](CC[C@@H]5CC(O)(O)CC(=O)O5)[C@@H]43)nn2)c1. The molecule has 3 fully saturated rings. The van der Waals surface area contributed by atoms with Crippen molar-refractivity contribution < 1.29 is 57.9 Å². The molecule has 21 heteroatoms. The number of amides is 4. The number of nitrogens with one attached hydrogen (secondary N) is 3. The van der Waals surface area contributed by atoms with E-state index in [1.807, 2.05) is 31.3 Å². The number of alkyl halides is 1. The Balaban J connectivity index is 0.826. The van der Waals surface area contributed by atoms with Gasteiger partial charge < -0.3 is 50.4 Å². The fraction of sp³-hybridized carbons (Fsp3) is 0.623.